The van der Waals surface area contributed by atoms with E-state index in [0.717, 1.165) is 0 Å². The first-order valence-electron chi connectivity index (χ1n) is 8.64. The number of nitrogens with two attached hydrogens (primary N) is 1. The van der Waals surface area contributed by atoms with Gasteiger partial charge in [0, 0.05) is 12.2 Å². The average molecular weight is 396 g/mol. The van der Waals surface area contributed by atoms with Crippen LogP contribution < -0.4 is 16.4 Å². The van der Waals surface area contributed by atoms with E-state index in [1.165, 1.54) is 18.3 Å². The molecule has 2 aromatic rings. The fourth-order valence-corrected chi connectivity index (χ4v) is 2.92. The molecule has 0 aromatic carbocycles. The second kappa shape index (κ2) is 7.97. The Labute approximate surface area is 158 Å². The van der Waals surface area contributed by atoms with E-state index in [4.69, 9.17) is 5.73 Å². The molecule has 5 N–H and O–H groups in total. The quantitative estimate of drug-likeness (QED) is 0.611. The van der Waals surface area contributed by atoms with Crippen molar-refractivity contribution >= 4 is 23.4 Å². The van der Waals surface area contributed by atoms with Crippen LogP contribution >= 0.6 is 0 Å². The molecular formula is C17H19F3N6O2. The van der Waals surface area contributed by atoms with Crippen LogP contribution in [0.1, 0.15) is 41.7 Å². The number of aliphatic hydroxyl groups excluding tert-OH is 1. The molecule has 1 amide bonds. The van der Waals surface area contributed by atoms with Crippen molar-refractivity contribution in [2.45, 2.75) is 44.0 Å². The molecule has 0 bridgehead atoms. The van der Waals surface area contributed by atoms with Gasteiger partial charge < -0.3 is 21.5 Å². The number of rotatable bonds is 5. The zero-order valence-corrected chi connectivity index (χ0v) is 14.7. The van der Waals surface area contributed by atoms with Crippen LogP contribution in [0.4, 0.5) is 30.6 Å². The van der Waals surface area contributed by atoms with E-state index < -0.39 is 23.8 Å². The largest absolute Gasteiger partial charge is 0.421 e. The third-order valence-corrected chi connectivity index (χ3v) is 4.40. The third kappa shape index (κ3) is 4.85. The van der Waals surface area contributed by atoms with Gasteiger partial charge in [-0.2, -0.15) is 18.2 Å². The van der Waals surface area contributed by atoms with Gasteiger partial charge in [-0.25, -0.2) is 9.97 Å². The molecule has 1 aliphatic carbocycles. The van der Waals surface area contributed by atoms with Gasteiger partial charge in [-0.1, -0.05) is 0 Å². The first kappa shape index (κ1) is 19.8. The van der Waals surface area contributed by atoms with E-state index in [9.17, 15) is 23.1 Å². The van der Waals surface area contributed by atoms with Crippen LogP contribution in [0.15, 0.2) is 24.5 Å². The highest BCUT2D eigenvalue weighted by atomic mass is 19.4. The van der Waals surface area contributed by atoms with Gasteiger partial charge in [0.15, 0.2) is 0 Å². The second-order valence-electron chi connectivity index (χ2n) is 6.52. The molecule has 0 atom stereocenters. The van der Waals surface area contributed by atoms with Crippen LogP contribution in [0.25, 0.3) is 0 Å². The fourth-order valence-electron chi connectivity index (χ4n) is 2.92. The van der Waals surface area contributed by atoms with Gasteiger partial charge in [0.1, 0.15) is 17.1 Å². The molecule has 150 valence electrons. The van der Waals surface area contributed by atoms with E-state index in [-0.39, 0.29) is 23.5 Å². The van der Waals surface area contributed by atoms with Gasteiger partial charge in [-0.15, -0.1) is 0 Å². The van der Waals surface area contributed by atoms with Crippen molar-refractivity contribution in [3.05, 3.63) is 35.8 Å². The van der Waals surface area contributed by atoms with Crippen LogP contribution in [-0.4, -0.2) is 38.1 Å². The standard InChI is InChI=1S/C17H19F3N6O2/c18-17(19,20)12-8-23-16(25-10-3-6-13(14(21)28)22-7-10)26-15(12)24-9-1-4-11(27)5-2-9/h3,6-9,11,27H,1-2,4-5H2,(H2,21,28)(H2,23,24,25,26). The normalized spacial score (nSPS) is 19.9. The number of nitrogens with zero attached hydrogens (tertiary/aromatic N) is 3. The molecule has 1 aliphatic rings. The monoisotopic (exact) mass is 396 g/mol. The maximum atomic E-state index is 13.3. The molecule has 8 nitrogen and oxygen atoms in total. The topological polar surface area (TPSA) is 126 Å². The number of hydrogen-bond donors (Lipinski definition) is 4. The number of alkyl halides is 3. The summed E-state index contributed by atoms with van der Waals surface area (Å²) in [6.45, 7) is 0. The first-order valence-corrected chi connectivity index (χ1v) is 8.64. The number of primary amides is 1. The number of aliphatic hydroxyl groups is 1. The van der Waals surface area contributed by atoms with E-state index in [1.54, 1.807) is 0 Å². The maximum Gasteiger partial charge on any atom is 0.421 e. The number of halogens is 3. The molecule has 0 spiro atoms. The molecule has 0 aliphatic heterocycles. The Balaban J connectivity index is 1.81. The number of anilines is 3. The lowest BCUT2D eigenvalue weighted by atomic mass is 9.93. The van der Waals surface area contributed by atoms with E-state index in [0.29, 0.717) is 37.6 Å². The van der Waals surface area contributed by atoms with E-state index in [1.807, 2.05) is 0 Å². The first-order chi connectivity index (χ1) is 13.2. The van der Waals surface area contributed by atoms with Crippen molar-refractivity contribution in [3.63, 3.8) is 0 Å². The van der Waals surface area contributed by atoms with Crippen LogP contribution in [0.5, 0.6) is 0 Å². The zero-order chi connectivity index (χ0) is 20.3. The highest BCUT2D eigenvalue weighted by molar-refractivity contribution is 5.90. The molecule has 1 saturated carbocycles. The smallest absolute Gasteiger partial charge is 0.393 e. The van der Waals surface area contributed by atoms with E-state index >= 15 is 0 Å². The van der Waals surface area contributed by atoms with Crippen molar-refractivity contribution in [1.82, 2.24) is 15.0 Å². The number of carbonyl (C=O) groups excluding carboxylic acids is 1. The molecule has 2 heterocycles. The van der Waals surface area contributed by atoms with E-state index in [2.05, 4.69) is 25.6 Å². The summed E-state index contributed by atoms with van der Waals surface area (Å²) in [6, 6.07) is 2.65. The van der Waals surface area contributed by atoms with Crippen LogP contribution in [-0.2, 0) is 6.18 Å². The number of pyridine rings is 1. The Morgan fingerprint density at radius 2 is 1.86 bits per heavy atom. The molecule has 11 heteroatoms. The maximum absolute atomic E-state index is 13.3. The minimum Gasteiger partial charge on any atom is -0.393 e. The predicted molar refractivity (Wildman–Crippen MR) is 95.0 cm³/mol. The summed E-state index contributed by atoms with van der Waals surface area (Å²) in [5.41, 5.74) is 4.59. The Kier molecular flexibility index (Phi) is 5.63. The zero-order valence-electron chi connectivity index (χ0n) is 14.7. The predicted octanol–water partition coefficient (Wildman–Crippen LogP) is 2.45. The van der Waals surface area contributed by atoms with Gasteiger partial charge in [0.05, 0.1) is 18.0 Å². The molecule has 1 fully saturated rings. The van der Waals surface area contributed by atoms with Crippen LogP contribution in [0.3, 0.4) is 0 Å². The van der Waals surface area contributed by atoms with Gasteiger partial charge >= 0.3 is 6.18 Å². The minimum absolute atomic E-state index is 0.0556. The number of nitrogens with one attached hydrogen (secondary N) is 2. The molecule has 3 rings (SSSR count). The van der Waals surface area contributed by atoms with Crippen LogP contribution in [0.2, 0.25) is 0 Å². The molecule has 28 heavy (non-hydrogen) atoms. The highest BCUT2D eigenvalue weighted by Gasteiger charge is 2.36. The van der Waals surface area contributed by atoms with Crippen molar-refractivity contribution in [2.24, 2.45) is 5.73 Å². The summed E-state index contributed by atoms with van der Waals surface area (Å²) in [6.07, 6.45) is -0.886. The van der Waals surface area contributed by atoms with Gasteiger partial charge in [-0.3, -0.25) is 4.79 Å². The lowest BCUT2D eigenvalue weighted by Crippen LogP contribution is -2.29. The Bertz CT molecular complexity index is 836. The summed E-state index contributed by atoms with van der Waals surface area (Å²) in [4.78, 5) is 22.6. The third-order valence-electron chi connectivity index (χ3n) is 4.40. The Morgan fingerprint density at radius 3 is 2.43 bits per heavy atom. The SMILES string of the molecule is NC(=O)c1ccc(Nc2ncc(C(F)(F)F)c(NC3CCC(O)CC3)n2)cn1. The number of aromatic nitrogens is 3. The highest BCUT2D eigenvalue weighted by Crippen LogP contribution is 2.35. The van der Waals surface area contributed by atoms with Crippen molar-refractivity contribution in [3.8, 4) is 0 Å². The average Bonchev–Trinajstić information content (AvgIpc) is 2.63. The number of carbonyl (C=O) groups is 1. The summed E-state index contributed by atoms with van der Waals surface area (Å²) in [5, 5.41) is 15.1. The summed E-state index contributed by atoms with van der Waals surface area (Å²) < 4.78 is 39.9. The fraction of sp³-hybridized carbons (Fsp3) is 0.412. The molecule has 2 aromatic heterocycles. The molecular weight excluding hydrogens is 377 g/mol. The van der Waals surface area contributed by atoms with Crippen molar-refractivity contribution in [1.29, 1.82) is 0 Å². The van der Waals surface area contributed by atoms with Crippen molar-refractivity contribution in [2.75, 3.05) is 10.6 Å². The van der Waals surface area contributed by atoms with Gasteiger partial charge in [0.25, 0.3) is 5.91 Å². The van der Waals surface area contributed by atoms with Crippen molar-refractivity contribution < 1.29 is 23.1 Å². The van der Waals surface area contributed by atoms with Gasteiger partial charge in [-0.05, 0) is 37.8 Å². The number of amides is 1. The lowest BCUT2D eigenvalue weighted by molar-refractivity contribution is -0.137. The second-order valence-corrected chi connectivity index (χ2v) is 6.52. The Morgan fingerprint density at radius 1 is 1.14 bits per heavy atom. The molecule has 0 saturated heterocycles. The lowest BCUT2D eigenvalue weighted by Gasteiger charge is -2.27. The Hall–Kier alpha value is -2.95. The molecule has 0 unspecified atom stereocenters. The molecule has 0 radical (unpaired) electrons. The summed E-state index contributed by atoms with van der Waals surface area (Å²) >= 11 is 0. The number of hydrogen-bond acceptors (Lipinski definition) is 7. The minimum atomic E-state index is -4.61. The summed E-state index contributed by atoms with van der Waals surface area (Å²) in [7, 11) is 0. The van der Waals surface area contributed by atoms with Crippen LogP contribution in [0, 0.1) is 0 Å². The summed E-state index contributed by atoms with van der Waals surface area (Å²) in [5.74, 6) is -1.07. The van der Waals surface area contributed by atoms with Gasteiger partial charge in [0.2, 0.25) is 5.95 Å².